The summed E-state index contributed by atoms with van der Waals surface area (Å²) in [5.74, 6) is -0.810. The summed E-state index contributed by atoms with van der Waals surface area (Å²) >= 11 is 5.84. The lowest BCUT2D eigenvalue weighted by atomic mass is 10.1. The SMILES string of the molecule is Cc1ccc(CNC(=O)c2ccc(Cl)c(S(C)(=O)=O)c2)cc1F. The first-order valence-corrected chi connectivity index (χ1v) is 8.98. The van der Waals surface area contributed by atoms with Gasteiger partial charge in [-0.15, -0.1) is 0 Å². The van der Waals surface area contributed by atoms with Gasteiger partial charge in [0.2, 0.25) is 0 Å². The Labute approximate surface area is 139 Å². The Morgan fingerprint density at radius 3 is 2.52 bits per heavy atom. The summed E-state index contributed by atoms with van der Waals surface area (Å²) in [5, 5.41) is 2.68. The molecule has 122 valence electrons. The van der Waals surface area contributed by atoms with Gasteiger partial charge in [0.05, 0.1) is 9.92 Å². The average Bonchev–Trinajstić information content (AvgIpc) is 2.47. The van der Waals surface area contributed by atoms with E-state index in [-0.39, 0.29) is 27.8 Å². The molecule has 2 aromatic carbocycles. The van der Waals surface area contributed by atoms with E-state index < -0.39 is 15.7 Å². The van der Waals surface area contributed by atoms with E-state index in [0.717, 1.165) is 6.26 Å². The Balaban J connectivity index is 2.16. The van der Waals surface area contributed by atoms with Crippen molar-refractivity contribution in [3.8, 4) is 0 Å². The van der Waals surface area contributed by atoms with Crippen LogP contribution in [0.5, 0.6) is 0 Å². The molecule has 0 saturated heterocycles. The number of rotatable bonds is 4. The molecule has 4 nitrogen and oxygen atoms in total. The van der Waals surface area contributed by atoms with Crippen LogP contribution in [0.1, 0.15) is 21.5 Å². The van der Waals surface area contributed by atoms with E-state index in [1.54, 1.807) is 19.1 Å². The number of nitrogens with one attached hydrogen (secondary N) is 1. The van der Waals surface area contributed by atoms with Gasteiger partial charge in [-0.3, -0.25) is 4.79 Å². The molecule has 0 aromatic heterocycles. The van der Waals surface area contributed by atoms with E-state index in [1.165, 1.54) is 24.3 Å². The zero-order valence-corrected chi connectivity index (χ0v) is 14.1. The van der Waals surface area contributed by atoms with Crippen molar-refractivity contribution in [2.24, 2.45) is 0 Å². The quantitative estimate of drug-likeness (QED) is 0.916. The molecule has 23 heavy (non-hydrogen) atoms. The minimum absolute atomic E-state index is 0.0599. The van der Waals surface area contributed by atoms with Crippen LogP contribution in [0.15, 0.2) is 41.3 Å². The van der Waals surface area contributed by atoms with Crippen molar-refractivity contribution in [2.75, 3.05) is 6.26 Å². The molecule has 0 aliphatic carbocycles. The zero-order valence-electron chi connectivity index (χ0n) is 12.6. The molecule has 1 N–H and O–H groups in total. The Morgan fingerprint density at radius 2 is 1.91 bits per heavy atom. The van der Waals surface area contributed by atoms with Crippen LogP contribution in [0.2, 0.25) is 5.02 Å². The normalized spacial score (nSPS) is 11.3. The first-order chi connectivity index (χ1) is 10.7. The van der Waals surface area contributed by atoms with Crippen LogP contribution in [0, 0.1) is 12.7 Å². The molecule has 0 unspecified atom stereocenters. The maximum Gasteiger partial charge on any atom is 0.251 e. The molecule has 0 bridgehead atoms. The number of aryl methyl sites for hydroxylation is 1. The predicted octanol–water partition coefficient (Wildman–Crippen LogP) is 3.12. The van der Waals surface area contributed by atoms with Crippen LogP contribution in [0.4, 0.5) is 4.39 Å². The number of halogens is 2. The molecular formula is C16H15ClFNO3S. The van der Waals surface area contributed by atoms with Gasteiger partial charge in [0.15, 0.2) is 9.84 Å². The lowest BCUT2D eigenvalue weighted by molar-refractivity contribution is 0.0950. The second-order valence-electron chi connectivity index (χ2n) is 5.18. The number of hydrogen-bond acceptors (Lipinski definition) is 3. The molecule has 0 radical (unpaired) electrons. The second kappa shape index (κ2) is 6.68. The van der Waals surface area contributed by atoms with E-state index in [4.69, 9.17) is 11.6 Å². The van der Waals surface area contributed by atoms with Crippen molar-refractivity contribution in [3.05, 3.63) is 63.9 Å². The number of carbonyl (C=O) groups is 1. The highest BCUT2D eigenvalue weighted by atomic mass is 35.5. The van der Waals surface area contributed by atoms with Crippen LogP contribution in [-0.4, -0.2) is 20.6 Å². The number of amides is 1. The van der Waals surface area contributed by atoms with Crippen molar-refractivity contribution < 1.29 is 17.6 Å². The van der Waals surface area contributed by atoms with Gasteiger partial charge in [-0.1, -0.05) is 23.7 Å². The first-order valence-electron chi connectivity index (χ1n) is 6.71. The monoisotopic (exact) mass is 355 g/mol. The highest BCUT2D eigenvalue weighted by Crippen LogP contribution is 2.22. The summed E-state index contributed by atoms with van der Waals surface area (Å²) in [6.45, 7) is 1.78. The smallest absolute Gasteiger partial charge is 0.251 e. The van der Waals surface area contributed by atoms with Gasteiger partial charge in [-0.2, -0.15) is 0 Å². The van der Waals surface area contributed by atoms with E-state index in [1.807, 2.05) is 0 Å². The zero-order chi connectivity index (χ0) is 17.2. The number of hydrogen-bond donors (Lipinski definition) is 1. The minimum Gasteiger partial charge on any atom is -0.348 e. The summed E-state index contributed by atoms with van der Waals surface area (Å²) < 4.78 is 36.7. The summed E-state index contributed by atoms with van der Waals surface area (Å²) in [6.07, 6.45) is 1.02. The Hall–Kier alpha value is -1.92. The number of carbonyl (C=O) groups excluding carboxylic acids is 1. The van der Waals surface area contributed by atoms with Crippen LogP contribution >= 0.6 is 11.6 Å². The Morgan fingerprint density at radius 1 is 1.22 bits per heavy atom. The fourth-order valence-corrected chi connectivity index (χ4v) is 3.26. The van der Waals surface area contributed by atoms with Gasteiger partial charge in [-0.05, 0) is 42.3 Å². The van der Waals surface area contributed by atoms with Gasteiger partial charge in [0.25, 0.3) is 5.91 Å². The van der Waals surface area contributed by atoms with Gasteiger partial charge in [0, 0.05) is 18.4 Å². The standard InChI is InChI=1S/C16H15ClFNO3S/c1-10-3-4-11(7-14(10)18)9-19-16(20)12-5-6-13(17)15(8-12)23(2,21)22/h3-8H,9H2,1-2H3,(H,19,20). The third-order valence-corrected chi connectivity index (χ3v) is 4.86. The fraction of sp³-hybridized carbons (Fsp3) is 0.188. The Kier molecular flexibility index (Phi) is 5.06. The van der Waals surface area contributed by atoms with E-state index in [0.29, 0.717) is 11.1 Å². The minimum atomic E-state index is -3.53. The lowest BCUT2D eigenvalue weighted by Crippen LogP contribution is -2.23. The van der Waals surface area contributed by atoms with Crippen LogP contribution in [0.25, 0.3) is 0 Å². The molecule has 1 amide bonds. The molecule has 0 atom stereocenters. The molecule has 0 aliphatic rings. The van der Waals surface area contributed by atoms with Gasteiger partial charge < -0.3 is 5.32 Å². The molecule has 2 rings (SSSR count). The van der Waals surface area contributed by atoms with Crippen molar-refractivity contribution in [3.63, 3.8) is 0 Å². The third kappa shape index (κ3) is 4.30. The van der Waals surface area contributed by atoms with Gasteiger partial charge in [0.1, 0.15) is 5.82 Å². The first kappa shape index (κ1) is 17.4. The lowest BCUT2D eigenvalue weighted by Gasteiger charge is -2.08. The largest absolute Gasteiger partial charge is 0.348 e. The molecule has 0 aliphatic heterocycles. The van der Waals surface area contributed by atoms with Crippen LogP contribution in [-0.2, 0) is 16.4 Å². The van der Waals surface area contributed by atoms with E-state index >= 15 is 0 Å². The van der Waals surface area contributed by atoms with Gasteiger partial charge in [-0.25, -0.2) is 12.8 Å². The summed E-state index contributed by atoms with van der Waals surface area (Å²) in [7, 11) is -3.53. The van der Waals surface area contributed by atoms with Crippen molar-refractivity contribution >= 4 is 27.3 Å². The molecule has 0 spiro atoms. The summed E-state index contributed by atoms with van der Waals surface area (Å²) in [6, 6.07) is 8.70. The topological polar surface area (TPSA) is 63.2 Å². The van der Waals surface area contributed by atoms with Crippen LogP contribution < -0.4 is 5.32 Å². The molecular weight excluding hydrogens is 341 g/mol. The molecule has 7 heteroatoms. The predicted molar refractivity (Wildman–Crippen MR) is 86.9 cm³/mol. The third-order valence-electron chi connectivity index (χ3n) is 3.28. The number of sulfone groups is 1. The van der Waals surface area contributed by atoms with Gasteiger partial charge >= 0.3 is 0 Å². The Bertz CT molecular complexity index is 866. The molecule has 2 aromatic rings. The van der Waals surface area contributed by atoms with E-state index in [2.05, 4.69) is 5.32 Å². The summed E-state index contributed by atoms with van der Waals surface area (Å²) in [5.41, 5.74) is 1.30. The van der Waals surface area contributed by atoms with E-state index in [9.17, 15) is 17.6 Å². The second-order valence-corrected chi connectivity index (χ2v) is 7.57. The van der Waals surface area contributed by atoms with Crippen molar-refractivity contribution in [1.29, 1.82) is 0 Å². The fourth-order valence-electron chi connectivity index (χ4n) is 1.96. The maximum absolute atomic E-state index is 13.5. The molecule has 0 saturated carbocycles. The maximum atomic E-state index is 13.5. The van der Waals surface area contributed by atoms with Crippen LogP contribution in [0.3, 0.4) is 0 Å². The van der Waals surface area contributed by atoms with Crippen molar-refractivity contribution in [2.45, 2.75) is 18.4 Å². The molecule has 0 heterocycles. The number of benzene rings is 2. The molecule has 0 fully saturated rings. The summed E-state index contributed by atoms with van der Waals surface area (Å²) in [4.78, 5) is 12.0. The average molecular weight is 356 g/mol. The highest BCUT2D eigenvalue weighted by Gasteiger charge is 2.15. The highest BCUT2D eigenvalue weighted by molar-refractivity contribution is 7.90. The van der Waals surface area contributed by atoms with Crippen molar-refractivity contribution in [1.82, 2.24) is 5.32 Å².